The zero-order valence-electron chi connectivity index (χ0n) is 20.9. The van der Waals surface area contributed by atoms with Gasteiger partial charge in [0.15, 0.2) is 0 Å². The summed E-state index contributed by atoms with van der Waals surface area (Å²) in [5.74, 6) is -1.10. The summed E-state index contributed by atoms with van der Waals surface area (Å²) in [6.45, 7) is 2.06. The topological polar surface area (TPSA) is 104 Å². The normalized spacial score (nSPS) is 12.2. The second-order valence-corrected chi connectivity index (χ2v) is 8.93. The van der Waals surface area contributed by atoms with Crippen LogP contribution in [0.2, 0.25) is 0 Å². The molecule has 2 aromatic heterocycles. The van der Waals surface area contributed by atoms with Gasteiger partial charge >= 0.3 is 11.9 Å². The van der Waals surface area contributed by atoms with E-state index in [9.17, 15) is 9.59 Å². The summed E-state index contributed by atoms with van der Waals surface area (Å²) in [5, 5.41) is 0. The fourth-order valence-electron chi connectivity index (χ4n) is 4.88. The largest absolute Gasteiger partial charge is 0.465 e. The molecule has 186 valence electrons. The SMILES string of the molecule is COC(=O)c1cccc2nc3c([C@@H](C)c4ccc(C(=O)OC)c5nc6ccccc6nc45)cccc3nc12. The molecule has 0 aliphatic carbocycles. The predicted octanol–water partition coefficient (Wildman–Crippen LogP) is 5.60. The quantitative estimate of drug-likeness (QED) is 0.226. The van der Waals surface area contributed by atoms with Crippen molar-refractivity contribution in [3.63, 3.8) is 0 Å². The highest BCUT2D eigenvalue weighted by molar-refractivity contribution is 6.05. The third-order valence-electron chi connectivity index (χ3n) is 6.80. The van der Waals surface area contributed by atoms with Crippen LogP contribution in [0, 0.1) is 0 Å². The lowest BCUT2D eigenvalue weighted by atomic mass is 9.90. The minimum absolute atomic E-state index is 0.168. The van der Waals surface area contributed by atoms with E-state index in [0.29, 0.717) is 49.7 Å². The molecule has 0 saturated carbocycles. The summed E-state index contributed by atoms with van der Waals surface area (Å²) in [4.78, 5) is 44.3. The Balaban J connectivity index is 1.59. The molecule has 4 aromatic carbocycles. The maximum atomic E-state index is 12.6. The van der Waals surface area contributed by atoms with Gasteiger partial charge in [-0.05, 0) is 47.5 Å². The van der Waals surface area contributed by atoms with Crippen molar-refractivity contribution in [2.24, 2.45) is 0 Å². The van der Waals surface area contributed by atoms with Crippen LogP contribution in [-0.4, -0.2) is 46.1 Å². The van der Waals surface area contributed by atoms with Gasteiger partial charge in [0.2, 0.25) is 0 Å². The maximum absolute atomic E-state index is 12.6. The van der Waals surface area contributed by atoms with Gasteiger partial charge in [-0.25, -0.2) is 29.5 Å². The molecule has 0 aliphatic rings. The molecular formula is C30H22N4O4. The van der Waals surface area contributed by atoms with Crippen molar-refractivity contribution in [2.75, 3.05) is 14.2 Å². The molecule has 8 heteroatoms. The van der Waals surface area contributed by atoms with E-state index in [4.69, 9.17) is 29.4 Å². The number of nitrogens with zero attached hydrogens (tertiary/aromatic N) is 4. The van der Waals surface area contributed by atoms with Crippen LogP contribution in [0.4, 0.5) is 0 Å². The van der Waals surface area contributed by atoms with Crippen LogP contribution in [0.5, 0.6) is 0 Å². The fourth-order valence-corrected chi connectivity index (χ4v) is 4.88. The molecule has 6 aromatic rings. The first-order valence-electron chi connectivity index (χ1n) is 12.1. The average molecular weight is 503 g/mol. The number of hydrogen-bond donors (Lipinski definition) is 0. The van der Waals surface area contributed by atoms with Crippen LogP contribution in [0.1, 0.15) is 44.7 Å². The van der Waals surface area contributed by atoms with Crippen molar-refractivity contribution in [3.8, 4) is 0 Å². The third-order valence-corrected chi connectivity index (χ3v) is 6.80. The van der Waals surface area contributed by atoms with Gasteiger partial charge in [-0.2, -0.15) is 0 Å². The summed E-state index contributed by atoms with van der Waals surface area (Å²) in [6.07, 6.45) is 0. The Morgan fingerprint density at radius 1 is 0.553 bits per heavy atom. The van der Waals surface area contributed by atoms with Crippen molar-refractivity contribution in [3.05, 3.63) is 95.1 Å². The highest BCUT2D eigenvalue weighted by Crippen LogP contribution is 2.35. The van der Waals surface area contributed by atoms with Crippen molar-refractivity contribution < 1.29 is 19.1 Å². The van der Waals surface area contributed by atoms with Gasteiger partial charge < -0.3 is 9.47 Å². The van der Waals surface area contributed by atoms with Crippen LogP contribution in [0.25, 0.3) is 44.1 Å². The van der Waals surface area contributed by atoms with Gasteiger partial charge in [-0.1, -0.05) is 43.3 Å². The number of carbonyl (C=O) groups is 2. The molecular weight excluding hydrogens is 480 g/mol. The van der Waals surface area contributed by atoms with Gasteiger partial charge in [0.05, 0.1) is 58.4 Å². The van der Waals surface area contributed by atoms with Crippen LogP contribution in [0.15, 0.2) is 72.8 Å². The standard InChI is InChI=1S/C30H22N4O4/c1-16(17-8-6-12-23-25(17)33-24-13-7-9-19(26(24)34-23)29(35)37-2)18-14-15-20(30(36)38-3)28-27(18)31-21-10-4-5-11-22(21)32-28/h4-16H,1-3H3/t16-/m1/s1. The zero-order chi connectivity index (χ0) is 26.4. The second kappa shape index (κ2) is 9.15. The minimum atomic E-state index is -0.470. The van der Waals surface area contributed by atoms with Crippen LogP contribution >= 0.6 is 0 Å². The number of carbonyl (C=O) groups excluding carboxylic acids is 2. The van der Waals surface area contributed by atoms with Crippen molar-refractivity contribution in [1.29, 1.82) is 0 Å². The van der Waals surface area contributed by atoms with E-state index in [0.717, 1.165) is 16.6 Å². The van der Waals surface area contributed by atoms with Gasteiger partial charge in [-0.15, -0.1) is 0 Å². The van der Waals surface area contributed by atoms with E-state index in [1.165, 1.54) is 14.2 Å². The van der Waals surface area contributed by atoms with Gasteiger partial charge in [-0.3, -0.25) is 0 Å². The number of rotatable bonds is 4. The van der Waals surface area contributed by atoms with Gasteiger partial charge in [0.25, 0.3) is 0 Å². The second-order valence-electron chi connectivity index (χ2n) is 8.93. The molecule has 38 heavy (non-hydrogen) atoms. The number of methoxy groups -OCH3 is 2. The van der Waals surface area contributed by atoms with Crippen LogP contribution < -0.4 is 0 Å². The van der Waals surface area contributed by atoms with E-state index in [1.54, 1.807) is 18.2 Å². The smallest absolute Gasteiger partial charge is 0.340 e. The minimum Gasteiger partial charge on any atom is -0.465 e. The lowest BCUT2D eigenvalue weighted by Gasteiger charge is -2.18. The molecule has 6 rings (SSSR count). The first kappa shape index (κ1) is 23.4. The van der Waals surface area contributed by atoms with E-state index < -0.39 is 11.9 Å². The molecule has 0 N–H and O–H groups in total. The van der Waals surface area contributed by atoms with Crippen molar-refractivity contribution in [2.45, 2.75) is 12.8 Å². The average Bonchev–Trinajstić information content (AvgIpc) is 2.96. The molecule has 0 unspecified atom stereocenters. The number of benzene rings is 4. The summed E-state index contributed by atoms with van der Waals surface area (Å²) in [7, 11) is 2.70. The first-order valence-corrected chi connectivity index (χ1v) is 12.1. The zero-order valence-corrected chi connectivity index (χ0v) is 20.9. The number of para-hydroxylation sites is 4. The van der Waals surface area contributed by atoms with E-state index in [2.05, 4.69) is 6.92 Å². The predicted molar refractivity (Wildman–Crippen MR) is 144 cm³/mol. The highest BCUT2D eigenvalue weighted by atomic mass is 16.5. The molecule has 0 spiro atoms. The fraction of sp³-hybridized carbons (Fsp3) is 0.133. The lowest BCUT2D eigenvalue weighted by molar-refractivity contribution is 0.0593. The number of hydrogen-bond acceptors (Lipinski definition) is 8. The lowest BCUT2D eigenvalue weighted by Crippen LogP contribution is -2.08. The van der Waals surface area contributed by atoms with Crippen molar-refractivity contribution in [1.82, 2.24) is 19.9 Å². The molecule has 0 bridgehead atoms. The molecule has 8 nitrogen and oxygen atoms in total. The van der Waals surface area contributed by atoms with Crippen LogP contribution in [-0.2, 0) is 9.47 Å². The number of esters is 2. The monoisotopic (exact) mass is 502 g/mol. The molecule has 2 heterocycles. The Bertz CT molecular complexity index is 1920. The number of fused-ring (bicyclic) bond motifs is 4. The Hall–Kier alpha value is -4.98. The highest BCUT2D eigenvalue weighted by Gasteiger charge is 2.22. The molecule has 0 fully saturated rings. The van der Waals surface area contributed by atoms with Crippen molar-refractivity contribution >= 4 is 56.1 Å². The Kier molecular flexibility index (Phi) is 5.64. The van der Waals surface area contributed by atoms with E-state index >= 15 is 0 Å². The van der Waals surface area contributed by atoms with E-state index in [-0.39, 0.29) is 5.92 Å². The third kappa shape index (κ3) is 3.69. The molecule has 1 atom stereocenters. The molecule has 0 radical (unpaired) electrons. The molecule has 0 amide bonds. The number of aromatic nitrogens is 4. The van der Waals surface area contributed by atoms with E-state index in [1.807, 2.05) is 54.6 Å². The van der Waals surface area contributed by atoms with Crippen LogP contribution in [0.3, 0.4) is 0 Å². The summed E-state index contributed by atoms with van der Waals surface area (Å²) in [6, 6.07) is 22.3. The first-order chi connectivity index (χ1) is 18.5. The Morgan fingerprint density at radius 3 is 1.74 bits per heavy atom. The number of ether oxygens (including phenoxy) is 2. The molecule has 0 aliphatic heterocycles. The summed E-state index contributed by atoms with van der Waals surface area (Å²) in [5.41, 5.74) is 7.54. The maximum Gasteiger partial charge on any atom is 0.340 e. The molecule has 0 saturated heterocycles. The Morgan fingerprint density at radius 2 is 1.05 bits per heavy atom. The van der Waals surface area contributed by atoms with Gasteiger partial charge in [0.1, 0.15) is 11.0 Å². The Labute approximate surface area is 217 Å². The van der Waals surface area contributed by atoms with Gasteiger partial charge in [0, 0.05) is 5.92 Å². The summed E-state index contributed by atoms with van der Waals surface area (Å²) >= 11 is 0. The summed E-state index contributed by atoms with van der Waals surface area (Å²) < 4.78 is 9.95.